The Morgan fingerprint density at radius 1 is 0.842 bits per heavy atom. The lowest BCUT2D eigenvalue weighted by Crippen LogP contribution is -2.09. The van der Waals surface area contributed by atoms with Crippen molar-refractivity contribution in [3.05, 3.63) is 71.7 Å². The third-order valence-electron chi connectivity index (χ3n) is 2.57. The molecular formula is C14H9F4O. The zero-order valence-electron chi connectivity index (χ0n) is 9.72. The number of ether oxygens (including phenoxy) is 1. The van der Waals surface area contributed by atoms with Crippen LogP contribution in [0.2, 0.25) is 0 Å². The maximum atomic E-state index is 13.5. The van der Waals surface area contributed by atoms with E-state index >= 15 is 0 Å². The lowest BCUT2D eigenvalue weighted by atomic mass is 10.1. The van der Waals surface area contributed by atoms with E-state index < -0.39 is 41.0 Å². The molecule has 19 heavy (non-hydrogen) atoms. The van der Waals surface area contributed by atoms with Crippen LogP contribution in [0.15, 0.2) is 30.3 Å². The normalized spacial score (nSPS) is 10.6. The SMILES string of the molecule is [CH2]c1c(F)c(F)c(COc2ccccc2)c(F)c1F. The second-order valence-electron chi connectivity index (χ2n) is 3.81. The van der Waals surface area contributed by atoms with Crippen molar-refractivity contribution in [1.29, 1.82) is 0 Å². The topological polar surface area (TPSA) is 9.23 Å². The van der Waals surface area contributed by atoms with Crippen molar-refractivity contribution in [2.24, 2.45) is 0 Å². The summed E-state index contributed by atoms with van der Waals surface area (Å²) in [6, 6.07) is 8.14. The Kier molecular flexibility index (Phi) is 3.74. The molecule has 2 aromatic carbocycles. The van der Waals surface area contributed by atoms with Gasteiger partial charge in [-0.15, -0.1) is 0 Å². The highest BCUT2D eigenvalue weighted by Gasteiger charge is 2.23. The van der Waals surface area contributed by atoms with Crippen LogP contribution in [0.1, 0.15) is 11.1 Å². The Morgan fingerprint density at radius 2 is 1.37 bits per heavy atom. The van der Waals surface area contributed by atoms with E-state index in [0.29, 0.717) is 5.75 Å². The van der Waals surface area contributed by atoms with Crippen LogP contribution < -0.4 is 4.74 Å². The van der Waals surface area contributed by atoms with E-state index in [9.17, 15) is 17.6 Å². The van der Waals surface area contributed by atoms with Gasteiger partial charge in [-0.05, 0) is 19.1 Å². The van der Waals surface area contributed by atoms with Gasteiger partial charge in [0.05, 0.1) is 5.56 Å². The van der Waals surface area contributed by atoms with Gasteiger partial charge in [0, 0.05) is 5.56 Å². The predicted molar refractivity (Wildman–Crippen MR) is 61.5 cm³/mol. The first-order valence-electron chi connectivity index (χ1n) is 5.37. The minimum atomic E-state index is -1.51. The Hall–Kier alpha value is -2.04. The second kappa shape index (κ2) is 5.30. The summed E-state index contributed by atoms with van der Waals surface area (Å²) in [5, 5.41) is 0. The van der Waals surface area contributed by atoms with Gasteiger partial charge < -0.3 is 4.74 Å². The van der Waals surface area contributed by atoms with Crippen LogP contribution in [0.3, 0.4) is 0 Å². The average molecular weight is 269 g/mol. The Balaban J connectivity index is 2.31. The van der Waals surface area contributed by atoms with E-state index in [0.717, 1.165) is 0 Å². The van der Waals surface area contributed by atoms with Gasteiger partial charge in [-0.2, -0.15) is 0 Å². The molecule has 2 aromatic rings. The summed E-state index contributed by atoms with van der Waals surface area (Å²) in [7, 11) is 0. The highest BCUT2D eigenvalue weighted by molar-refractivity contribution is 5.31. The van der Waals surface area contributed by atoms with Gasteiger partial charge in [-0.1, -0.05) is 18.2 Å². The molecule has 1 radical (unpaired) electrons. The molecule has 5 heteroatoms. The number of hydrogen-bond acceptors (Lipinski definition) is 1. The Morgan fingerprint density at radius 3 is 1.89 bits per heavy atom. The highest BCUT2D eigenvalue weighted by atomic mass is 19.2. The van der Waals surface area contributed by atoms with Crippen LogP contribution >= 0.6 is 0 Å². The van der Waals surface area contributed by atoms with E-state index in [-0.39, 0.29) is 0 Å². The molecule has 0 aliphatic rings. The van der Waals surface area contributed by atoms with Gasteiger partial charge in [0.1, 0.15) is 12.4 Å². The summed E-state index contributed by atoms with van der Waals surface area (Å²) in [4.78, 5) is 0. The molecule has 0 unspecified atom stereocenters. The van der Waals surface area contributed by atoms with E-state index in [1.807, 2.05) is 0 Å². The van der Waals surface area contributed by atoms with Crippen molar-refractivity contribution in [3.8, 4) is 5.75 Å². The largest absolute Gasteiger partial charge is 0.489 e. The van der Waals surface area contributed by atoms with Crippen molar-refractivity contribution in [2.75, 3.05) is 0 Å². The summed E-state index contributed by atoms with van der Waals surface area (Å²) in [5.74, 6) is -5.66. The molecule has 1 nitrogen and oxygen atoms in total. The third-order valence-corrected chi connectivity index (χ3v) is 2.57. The van der Waals surface area contributed by atoms with E-state index in [1.54, 1.807) is 30.3 Å². The first kappa shape index (κ1) is 13.4. The number of benzene rings is 2. The smallest absolute Gasteiger partial charge is 0.168 e. The predicted octanol–water partition coefficient (Wildman–Crippen LogP) is 4.00. The molecule has 0 saturated carbocycles. The van der Waals surface area contributed by atoms with E-state index in [1.165, 1.54) is 0 Å². The maximum absolute atomic E-state index is 13.5. The Bertz CT molecular complexity index is 567. The van der Waals surface area contributed by atoms with Gasteiger partial charge in [0.15, 0.2) is 23.3 Å². The molecule has 0 saturated heterocycles. The quantitative estimate of drug-likeness (QED) is 0.604. The molecule has 0 aromatic heterocycles. The minimum absolute atomic E-state index is 0.334. The van der Waals surface area contributed by atoms with E-state index in [4.69, 9.17) is 4.74 Å². The molecule has 0 bridgehead atoms. The van der Waals surface area contributed by atoms with Crippen LogP contribution in [-0.2, 0) is 6.61 Å². The zero-order valence-corrected chi connectivity index (χ0v) is 9.72. The van der Waals surface area contributed by atoms with Crippen LogP contribution in [0.4, 0.5) is 17.6 Å². The summed E-state index contributed by atoms with van der Waals surface area (Å²) < 4.78 is 58.6. The lowest BCUT2D eigenvalue weighted by molar-refractivity contribution is 0.285. The highest BCUT2D eigenvalue weighted by Crippen LogP contribution is 2.24. The molecule has 0 aliphatic carbocycles. The van der Waals surface area contributed by atoms with E-state index in [2.05, 4.69) is 6.92 Å². The fourth-order valence-electron chi connectivity index (χ4n) is 1.52. The molecule has 0 fully saturated rings. The minimum Gasteiger partial charge on any atom is -0.489 e. The summed E-state index contributed by atoms with van der Waals surface area (Å²) >= 11 is 0. The second-order valence-corrected chi connectivity index (χ2v) is 3.81. The van der Waals surface area contributed by atoms with Gasteiger partial charge in [0.25, 0.3) is 0 Å². The maximum Gasteiger partial charge on any atom is 0.168 e. The lowest BCUT2D eigenvalue weighted by Gasteiger charge is -2.11. The molecule has 0 aliphatic heterocycles. The van der Waals surface area contributed by atoms with Gasteiger partial charge in [-0.25, -0.2) is 17.6 Å². The molecule has 2 rings (SSSR count). The van der Waals surface area contributed by atoms with Crippen molar-refractivity contribution in [1.82, 2.24) is 0 Å². The monoisotopic (exact) mass is 269 g/mol. The first-order chi connectivity index (χ1) is 9.02. The van der Waals surface area contributed by atoms with Crippen LogP contribution in [0.5, 0.6) is 5.75 Å². The average Bonchev–Trinajstić information content (AvgIpc) is 2.44. The molecule has 0 amide bonds. The zero-order chi connectivity index (χ0) is 14.0. The number of hydrogen-bond donors (Lipinski definition) is 0. The van der Waals surface area contributed by atoms with Crippen LogP contribution in [0.25, 0.3) is 0 Å². The summed E-state index contributed by atoms with van der Waals surface area (Å²) in [5.41, 5.74) is -1.73. The number of para-hydroxylation sites is 1. The van der Waals surface area contributed by atoms with Gasteiger partial charge >= 0.3 is 0 Å². The van der Waals surface area contributed by atoms with Crippen molar-refractivity contribution < 1.29 is 22.3 Å². The number of halogens is 4. The standard InChI is InChI=1S/C14H9F4O/c1-8-11(15)13(17)10(14(18)12(8)16)7-19-9-5-3-2-4-6-9/h2-6H,1,7H2. The Labute approximate surface area is 107 Å². The van der Waals surface area contributed by atoms with Crippen molar-refractivity contribution >= 4 is 0 Å². The molecule has 0 spiro atoms. The summed E-state index contributed by atoms with van der Waals surface area (Å²) in [6.45, 7) is 2.31. The third kappa shape index (κ3) is 2.54. The van der Waals surface area contributed by atoms with Gasteiger partial charge in [-0.3, -0.25) is 0 Å². The number of rotatable bonds is 3. The fourth-order valence-corrected chi connectivity index (χ4v) is 1.52. The fraction of sp³-hybridized carbons (Fsp3) is 0.0714. The first-order valence-corrected chi connectivity index (χ1v) is 5.37. The molecule has 99 valence electrons. The molecule has 0 heterocycles. The van der Waals surface area contributed by atoms with Crippen molar-refractivity contribution in [2.45, 2.75) is 6.61 Å². The summed E-state index contributed by atoms with van der Waals surface area (Å²) in [6.07, 6.45) is 0. The molecular weight excluding hydrogens is 260 g/mol. The van der Waals surface area contributed by atoms with Crippen molar-refractivity contribution in [3.63, 3.8) is 0 Å². The van der Waals surface area contributed by atoms with Crippen LogP contribution in [0, 0.1) is 30.2 Å². The van der Waals surface area contributed by atoms with Gasteiger partial charge in [0.2, 0.25) is 0 Å². The molecule has 0 atom stereocenters. The molecule has 0 N–H and O–H groups in total. The van der Waals surface area contributed by atoms with Crippen LogP contribution in [-0.4, -0.2) is 0 Å².